The van der Waals surface area contributed by atoms with E-state index in [-0.39, 0.29) is 6.61 Å². The molecule has 0 heterocycles. The molecule has 0 spiro atoms. The second-order valence-electron chi connectivity index (χ2n) is 10.9. The minimum atomic E-state index is -0.772. The zero-order chi connectivity index (χ0) is 26.7. The molecular formula is C30H42N2O6. The first-order valence-corrected chi connectivity index (χ1v) is 14.5. The summed E-state index contributed by atoms with van der Waals surface area (Å²) in [6, 6.07) is -0.772. The summed E-state index contributed by atoms with van der Waals surface area (Å²) in [4.78, 5) is 36.9. The molecule has 0 saturated heterocycles. The summed E-state index contributed by atoms with van der Waals surface area (Å²) in [5.74, 6) is 15.6. The molecule has 38 heavy (non-hydrogen) atoms. The van der Waals surface area contributed by atoms with Gasteiger partial charge in [0.2, 0.25) is 0 Å². The molecule has 0 bridgehead atoms. The molecule has 8 nitrogen and oxygen atoms in total. The van der Waals surface area contributed by atoms with Crippen molar-refractivity contribution in [3.05, 3.63) is 0 Å². The normalized spacial score (nSPS) is 29.3. The molecule has 7 atom stereocenters. The van der Waals surface area contributed by atoms with Gasteiger partial charge in [0.05, 0.1) is 19.8 Å². The fourth-order valence-corrected chi connectivity index (χ4v) is 6.30. The summed E-state index contributed by atoms with van der Waals surface area (Å²) in [6.45, 7) is 3.26. The third-order valence-corrected chi connectivity index (χ3v) is 8.54. The van der Waals surface area contributed by atoms with E-state index in [4.69, 9.17) is 14.2 Å². The SMILES string of the molecule is CCOC(=O)[C@H](CCCCNC(=O)OC[C@@H]1[C@@H]2CCC#CCC[C@@H]21)NC(=O)OC[C@@H]1[C@@H]2CCC#CCC[C@@H]21. The van der Waals surface area contributed by atoms with Crippen molar-refractivity contribution in [2.75, 3.05) is 26.4 Å². The lowest BCUT2D eigenvalue weighted by atomic mass is 10.1. The Kier molecular flexibility index (Phi) is 10.6. The van der Waals surface area contributed by atoms with E-state index in [1.807, 2.05) is 0 Å². The number of esters is 1. The van der Waals surface area contributed by atoms with Gasteiger partial charge < -0.3 is 24.8 Å². The molecular weight excluding hydrogens is 484 g/mol. The van der Waals surface area contributed by atoms with Gasteiger partial charge in [0, 0.05) is 32.2 Å². The Morgan fingerprint density at radius 2 is 1.24 bits per heavy atom. The molecule has 2 amide bonds. The topological polar surface area (TPSA) is 103 Å². The predicted octanol–water partition coefficient (Wildman–Crippen LogP) is 4.42. The number of carbonyl (C=O) groups is 3. The van der Waals surface area contributed by atoms with Gasteiger partial charge in [-0.1, -0.05) is 0 Å². The lowest BCUT2D eigenvalue weighted by Crippen LogP contribution is -2.42. The first-order valence-electron chi connectivity index (χ1n) is 14.5. The van der Waals surface area contributed by atoms with Gasteiger partial charge in [-0.05, 0) is 87.4 Å². The van der Waals surface area contributed by atoms with Crippen LogP contribution < -0.4 is 10.6 Å². The van der Waals surface area contributed by atoms with Crippen molar-refractivity contribution >= 4 is 18.2 Å². The van der Waals surface area contributed by atoms with Crippen LogP contribution in [0.3, 0.4) is 0 Å². The molecule has 0 aromatic rings. The van der Waals surface area contributed by atoms with Crippen LogP contribution in [-0.4, -0.2) is 50.6 Å². The van der Waals surface area contributed by atoms with Crippen molar-refractivity contribution in [1.82, 2.24) is 10.6 Å². The van der Waals surface area contributed by atoms with E-state index >= 15 is 0 Å². The summed E-state index contributed by atoms with van der Waals surface area (Å²) >= 11 is 0. The second kappa shape index (κ2) is 14.3. The Balaban J connectivity index is 1.08. The zero-order valence-electron chi connectivity index (χ0n) is 22.6. The van der Waals surface area contributed by atoms with Crippen molar-refractivity contribution in [3.8, 4) is 23.7 Å². The van der Waals surface area contributed by atoms with Crippen molar-refractivity contribution in [1.29, 1.82) is 0 Å². The molecule has 0 radical (unpaired) electrons. The first kappa shape index (κ1) is 28.1. The number of unbranched alkanes of at least 4 members (excludes halogenated alkanes) is 1. The van der Waals surface area contributed by atoms with E-state index in [0.717, 1.165) is 51.4 Å². The van der Waals surface area contributed by atoms with Crippen LogP contribution in [0.4, 0.5) is 9.59 Å². The highest BCUT2D eigenvalue weighted by Gasteiger charge is 2.50. The number of amides is 2. The van der Waals surface area contributed by atoms with Crippen molar-refractivity contribution in [2.24, 2.45) is 35.5 Å². The molecule has 4 aliphatic carbocycles. The smallest absolute Gasteiger partial charge is 0.407 e. The molecule has 208 valence electrons. The highest BCUT2D eigenvalue weighted by atomic mass is 16.6. The van der Waals surface area contributed by atoms with Crippen LogP contribution in [0.1, 0.15) is 77.6 Å². The first-order chi connectivity index (χ1) is 18.6. The van der Waals surface area contributed by atoms with E-state index in [1.54, 1.807) is 6.92 Å². The summed E-state index contributed by atoms with van der Waals surface area (Å²) in [6.07, 6.45) is 8.77. The van der Waals surface area contributed by atoms with Crippen LogP contribution in [-0.2, 0) is 19.0 Å². The zero-order valence-corrected chi connectivity index (χ0v) is 22.6. The van der Waals surface area contributed by atoms with Gasteiger partial charge in [0.15, 0.2) is 0 Å². The largest absolute Gasteiger partial charge is 0.464 e. The molecule has 2 N–H and O–H groups in total. The van der Waals surface area contributed by atoms with Crippen LogP contribution in [0.25, 0.3) is 0 Å². The van der Waals surface area contributed by atoms with E-state index in [1.165, 1.54) is 0 Å². The van der Waals surface area contributed by atoms with Crippen LogP contribution in [0.5, 0.6) is 0 Å². The molecule has 0 aromatic heterocycles. The monoisotopic (exact) mass is 526 g/mol. The highest BCUT2D eigenvalue weighted by Crippen LogP contribution is 2.53. The van der Waals surface area contributed by atoms with Crippen LogP contribution in [0.2, 0.25) is 0 Å². The van der Waals surface area contributed by atoms with Crippen LogP contribution in [0, 0.1) is 59.2 Å². The number of alkyl carbamates (subject to hydrolysis) is 2. The fraction of sp³-hybridized carbons (Fsp3) is 0.767. The summed E-state index contributed by atoms with van der Waals surface area (Å²) in [5.41, 5.74) is 0. The number of rotatable bonds is 12. The van der Waals surface area contributed by atoms with E-state index in [0.29, 0.717) is 74.5 Å². The molecule has 4 rings (SSSR count). The quantitative estimate of drug-likeness (QED) is 0.169. The Labute approximate surface area is 226 Å². The summed E-state index contributed by atoms with van der Waals surface area (Å²) in [5, 5.41) is 5.47. The maximum absolute atomic E-state index is 12.4. The Bertz CT molecular complexity index is 923. The van der Waals surface area contributed by atoms with Gasteiger partial charge in [-0.3, -0.25) is 0 Å². The van der Waals surface area contributed by atoms with E-state index in [2.05, 4.69) is 34.3 Å². The highest BCUT2D eigenvalue weighted by molar-refractivity contribution is 5.81. The van der Waals surface area contributed by atoms with Crippen molar-refractivity contribution < 1.29 is 28.6 Å². The van der Waals surface area contributed by atoms with Crippen LogP contribution >= 0.6 is 0 Å². The number of carbonyl (C=O) groups excluding carboxylic acids is 3. The number of fused-ring (bicyclic) bond motifs is 2. The lowest BCUT2D eigenvalue weighted by Gasteiger charge is -2.17. The Morgan fingerprint density at radius 1 is 0.737 bits per heavy atom. The van der Waals surface area contributed by atoms with Gasteiger partial charge in [-0.2, -0.15) is 0 Å². The fourth-order valence-electron chi connectivity index (χ4n) is 6.30. The van der Waals surface area contributed by atoms with Gasteiger partial charge in [-0.15, -0.1) is 23.7 Å². The predicted molar refractivity (Wildman–Crippen MR) is 142 cm³/mol. The van der Waals surface area contributed by atoms with Crippen LogP contribution in [0.15, 0.2) is 0 Å². The summed E-state index contributed by atoms with van der Waals surface area (Å²) in [7, 11) is 0. The number of ether oxygens (including phenoxy) is 3. The third kappa shape index (κ3) is 8.32. The molecule has 2 saturated carbocycles. The average molecular weight is 527 g/mol. The molecule has 0 aromatic carbocycles. The molecule has 4 aliphatic rings. The molecule has 0 aliphatic heterocycles. The molecule has 0 unspecified atom stereocenters. The number of hydrogen-bond acceptors (Lipinski definition) is 6. The third-order valence-electron chi connectivity index (χ3n) is 8.54. The minimum Gasteiger partial charge on any atom is -0.464 e. The number of nitrogens with one attached hydrogen (secondary N) is 2. The van der Waals surface area contributed by atoms with Gasteiger partial charge in [0.25, 0.3) is 0 Å². The minimum absolute atomic E-state index is 0.239. The van der Waals surface area contributed by atoms with Gasteiger partial charge in [-0.25, -0.2) is 14.4 Å². The number of hydrogen-bond donors (Lipinski definition) is 2. The maximum atomic E-state index is 12.4. The van der Waals surface area contributed by atoms with Crippen molar-refractivity contribution in [3.63, 3.8) is 0 Å². The van der Waals surface area contributed by atoms with E-state index < -0.39 is 24.2 Å². The van der Waals surface area contributed by atoms with Gasteiger partial charge in [0.1, 0.15) is 6.04 Å². The average Bonchev–Trinajstić information content (AvgIpc) is 3.73. The Hall–Kier alpha value is -2.87. The molecule has 2 fully saturated rings. The molecule has 8 heteroatoms. The Morgan fingerprint density at radius 3 is 1.74 bits per heavy atom. The standard InChI is InChI=1S/C30H42N2O6/c1-2-36-28(33)27(32-30(35)38-20-26-23-15-9-5-6-10-16-24(23)26)17-11-12-18-31-29(34)37-19-25-21-13-7-3-4-8-14-22(21)25/h21-27H,2,7-20H2,1H3,(H,31,34)(H,32,35)/t21-,22+,23-,24+,25-,26-,27-/m0/s1. The summed E-state index contributed by atoms with van der Waals surface area (Å²) < 4.78 is 16.1. The second-order valence-corrected chi connectivity index (χ2v) is 10.9. The maximum Gasteiger partial charge on any atom is 0.407 e. The van der Waals surface area contributed by atoms with Gasteiger partial charge >= 0.3 is 18.2 Å². The van der Waals surface area contributed by atoms with Crippen molar-refractivity contribution in [2.45, 2.75) is 83.6 Å². The lowest BCUT2D eigenvalue weighted by molar-refractivity contribution is -0.145. The van der Waals surface area contributed by atoms with E-state index in [9.17, 15) is 14.4 Å².